The molecule has 0 radical (unpaired) electrons. The maximum Gasteiger partial charge on any atom is 0.263 e. The van der Waals surface area contributed by atoms with Crippen molar-refractivity contribution in [3.8, 4) is 16.9 Å². The number of benzene rings is 3. The van der Waals surface area contributed by atoms with Gasteiger partial charge in [0.1, 0.15) is 17.6 Å². The van der Waals surface area contributed by atoms with E-state index in [4.69, 9.17) is 9.15 Å². The number of amides is 1. The molecule has 0 fully saturated rings. The van der Waals surface area contributed by atoms with Crippen molar-refractivity contribution < 1.29 is 13.9 Å². The highest BCUT2D eigenvalue weighted by atomic mass is 16.5. The molecule has 0 saturated carbocycles. The molecule has 0 bridgehead atoms. The Hall–Kier alpha value is -3.86. The Kier molecular flexibility index (Phi) is 5.85. The second-order valence-electron chi connectivity index (χ2n) is 7.44. The summed E-state index contributed by atoms with van der Waals surface area (Å²) in [4.78, 5) is 27.2. The van der Waals surface area contributed by atoms with Crippen LogP contribution in [0.5, 0.6) is 5.75 Å². The van der Waals surface area contributed by atoms with E-state index in [0.717, 1.165) is 11.1 Å². The molecule has 0 saturated heterocycles. The largest absolute Gasteiger partial charge is 0.481 e. The van der Waals surface area contributed by atoms with Gasteiger partial charge in [0.05, 0.1) is 10.9 Å². The zero-order valence-electron chi connectivity index (χ0n) is 17.4. The Balaban J connectivity index is 1.51. The molecular weight excluding hydrogens is 390 g/mol. The summed E-state index contributed by atoms with van der Waals surface area (Å²) in [6.07, 6.45) is 0.785. The summed E-state index contributed by atoms with van der Waals surface area (Å²) in [6, 6.07) is 24.2. The maximum atomic E-state index is 12.9. The summed E-state index contributed by atoms with van der Waals surface area (Å²) < 4.78 is 11.6. The lowest BCUT2D eigenvalue weighted by atomic mass is 10.1. The Bertz CT molecular complexity index is 1250. The van der Waals surface area contributed by atoms with Gasteiger partial charge in [-0.25, -0.2) is 0 Å². The maximum absolute atomic E-state index is 12.9. The summed E-state index contributed by atoms with van der Waals surface area (Å²) in [5.41, 5.74) is 2.67. The van der Waals surface area contributed by atoms with Crippen LogP contribution < -0.4 is 10.2 Å². The van der Waals surface area contributed by atoms with Crippen LogP contribution in [0, 0.1) is 0 Å². The molecule has 0 aliphatic carbocycles. The first-order valence-corrected chi connectivity index (χ1v) is 10.1. The highest BCUT2D eigenvalue weighted by molar-refractivity contribution is 5.83. The van der Waals surface area contributed by atoms with Gasteiger partial charge in [0, 0.05) is 19.7 Å². The molecule has 0 aliphatic rings. The molecule has 4 rings (SSSR count). The van der Waals surface area contributed by atoms with Crippen LogP contribution in [0.4, 0.5) is 0 Å². The number of nitrogens with zero attached hydrogens (tertiary/aromatic N) is 1. The Morgan fingerprint density at radius 1 is 1.00 bits per heavy atom. The predicted molar refractivity (Wildman–Crippen MR) is 121 cm³/mol. The third-order valence-electron chi connectivity index (χ3n) is 5.13. The molecule has 1 amide bonds. The zero-order valence-corrected chi connectivity index (χ0v) is 17.4. The van der Waals surface area contributed by atoms with Crippen molar-refractivity contribution in [1.29, 1.82) is 0 Å². The minimum atomic E-state index is -0.679. The number of hydrogen-bond acceptors (Lipinski definition) is 4. The number of hydrogen-bond donors (Lipinski definition) is 0. The van der Waals surface area contributed by atoms with Crippen molar-refractivity contribution >= 4 is 16.9 Å². The molecule has 1 aromatic heterocycles. The normalized spacial score (nSPS) is 11.8. The van der Waals surface area contributed by atoms with Crippen LogP contribution in [0.15, 0.2) is 94.3 Å². The van der Waals surface area contributed by atoms with Crippen molar-refractivity contribution in [2.45, 2.75) is 19.6 Å². The SMILES string of the molecule is C[C@@H](Oc1ccc2c(=O)c(-c3ccccc3)coc2c1)C(=O)N(C)Cc1ccccc1. The van der Waals surface area contributed by atoms with Crippen molar-refractivity contribution in [1.82, 2.24) is 4.90 Å². The Morgan fingerprint density at radius 3 is 2.39 bits per heavy atom. The standard InChI is InChI=1S/C26H23NO4/c1-18(26(29)27(2)16-19-9-5-3-6-10-19)31-21-13-14-22-24(15-21)30-17-23(25(22)28)20-11-7-4-8-12-20/h3-15,17-18H,16H2,1-2H3/t18-/m1/s1. The number of fused-ring (bicyclic) bond motifs is 1. The molecule has 1 heterocycles. The van der Waals surface area contributed by atoms with E-state index in [0.29, 0.717) is 28.8 Å². The quantitative estimate of drug-likeness (QED) is 0.452. The van der Waals surface area contributed by atoms with Crippen LogP contribution in [0.1, 0.15) is 12.5 Å². The fraction of sp³-hybridized carbons (Fsp3) is 0.154. The van der Waals surface area contributed by atoms with Crippen molar-refractivity contribution in [2.24, 2.45) is 0 Å². The van der Waals surface area contributed by atoms with Gasteiger partial charge in [-0.05, 0) is 30.2 Å². The minimum Gasteiger partial charge on any atom is -0.481 e. The fourth-order valence-corrected chi connectivity index (χ4v) is 3.50. The van der Waals surface area contributed by atoms with Gasteiger partial charge in [-0.15, -0.1) is 0 Å². The van der Waals surface area contributed by atoms with Gasteiger partial charge in [0.2, 0.25) is 0 Å². The van der Waals surface area contributed by atoms with Gasteiger partial charge in [-0.1, -0.05) is 60.7 Å². The van der Waals surface area contributed by atoms with Crippen LogP contribution in [-0.4, -0.2) is 24.0 Å². The number of rotatable bonds is 6. The van der Waals surface area contributed by atoms with Crippen molar-refractivity contribution in [3.05, 3.63) is 101 Å². The van der Waals surface area contributed by atoms with E-state index < -0.39 is 6.10 Å². The number of carbonyl (C=O) groups is 1. The average Bonchev–Trinajstić information content (AvgIpc) is 2.80. The van der Waals surface area contributed by atoms with E-state index in [1.807, 2.05) is 60.7 Å². The lowest BCUT2D eigenvalue weighted by Gasteiger charge is -2.22. The highest BCUT2D eigenvalue weighted by Crippen LogP contribution is 2.24. The first kappa shape index (κ1) is 20.4. The monoisotopic (exact) mass is 413 g/mol. The van der Waals surface area contributed by atoms with E-state index in [1.54, 1.807) is 37.1 Å². The third-order valence-corrected chi connectivity index (χ3v) is 5.13. The first-order valence-electron chi connectivity index (χ1n) is 10.1. The van der Waals surface area contributed by atoms with Crippen LogP contribution in [0.3, 0.4) is 0 Å². The van der Waals surface area contributed by atoms with E-state index in [1.165, 1.54) is 6.26 Å². The predicted octanol–water partition coefficient (Wildman–Crippen LogP) is 4.89. The van der Waals surface area contributed by atoms with Gasteiger partial charge < -0.3 is 14.1 Å². The van der Waals surface area contributed by atoms with Crippen LogP contribution in [0.2, 0.25) is 0 Å². The van der Waals surface area contributed by atoms with Crippen LogP contribution >= 0.6 is 0 Å². The summed E-state index contributed by atoms with van der Waals surface area (Å²) in [5.74, 6) is 0.335. The van der Waals surface area contributed by atoms with E-state index >= 15 is 0 Å². The first-order chi connectivity index (χ1) is 15.0. The van der Waals surface area contributed by atoms with Crippen molar-refractivity contribution in [2.75, 3.05) is 7.05 Å². The van der Waals surface area contributed by atoms with Crippen LogP contribution in [-0.2, 0) is 11.3 Å². The molecule has 156 valence electrons. The average molecular weight is 413 g/mol. The van der Waals surface area contributed by atoms with E-state index in [-0.39, 0.29) is 11.3 Å². The number of likely N-dealkylation sites (N-methyl/N-ethyl adjacent to an activating group) is 1. The summed E-state index contributed by atoms with van der Waals surface area (Å²) in [5, 5.41) is 0.467. The fourth-order valence-electron chi connectivity index (χ4n) is 3.50. The molecule has 0 N–H and O–H groups in total. The second kappa shape index (κ2) is 8.88. The van der Waals surface area contributed by atoms with Crippen molar-refractivity contribution in [3.63, 3.8) is 0 Å². The van der Waals surface area contributed by atoms with E-state index in [9.17, 15) is 9.59 Å². The number of carbonyl (C=O) groups excluding carboxylic acids is 1. The van der Waals surface area contributed by atoms with Gasteiger partial charge in [0.15, 0.2) is 11.5 Å². The molecule has 1 atom stereocenters. The molecular formula is C26H23NO4. The molecule has 5 heteroatoms. The number of ether oxygens (including phenoxy) is 1. The summed E-state index contributed by atoms with van der Waals surface area (Å²) in [7, 11) is 1.75. The molecule has 31 heavy (non-hydrogen) atoms. The molecule has 0 spiro atoms. The van der Waals surface area contributed by atoms with Gasteiger partial charge >= 0.3 is 0 Å². The second-order valence-corrected chi connectivity index (χ2v) is 7.44. The van der Waals surface area contributed by atoms with Gasteiger partial charge in [-0.3, -0.25) is 9.59 Å². The zero-order chi connectivity index (χ0) is 21.8. The Labute approximate surface area is 180 Å². The smallest absolute Gasteiger partial charge is 0.263 e. The summed E-state index contributed by atoms with van der Waals surface area (Å²) in [6.45, 7) is 2.21. The lowest BCUT2D eigenvalue weighted by Crippen LogP contribution is -2.37. The topological polar surface area (TPSA) is 59.8 Å². The third kappa shape index (κ3) is 4.51. The highest BCUT2D eigenvalue weighted by Gasteiger charge is 2.20. The minimum absolute atomic E-state index is 0.106. The molecule has 0 aliphatic heterocycles. The van der Waals surface area contributed by atoms with Crippen LogP contribution in [0.25, 0.3) is 22.1 Å². The Morgan fingerprint density at radius 2 is 1.68 bits per heavy atom. The molecule has 4 aromatic rings. The van der Waals surface area contributed by atoms with Gasteiger partial charge in [0.25, 0.3) is 5.91 Å². The molecule has 5 nitrogen and oxygen atoms in total. The van der Waals surface area contributed by atoms with E-state index in [2.05, 4.69) is 0 Å². The van der Waals surface area contributed by atoms with Gasteiger partial charge in [-0.2, -0.15) is 0 Å². The molecule has 3 aromatic carbocycles. The lowest BCUT2D eigenvalue weighted by molar-refractivity contribution is -0.137. The summed E-state index contributed by atoms with van der Waals surface area (Å²) >= 11 is 0. The molecule has 0 unspecified atom stereocenters.